The van der Waals surface area contributed by atoms with Gasteiger partial charge < -0.3 is 9.84 Å². The van der Waals surface area contributed by atoms with Gasteiger partial charge in [0.1, 0.15) is 5.75 Å². The Bertz CT molecular complexity index is 409. The Morgan fingerprint density at radius 3 is 2.94 bits per heavy atom. The van der Waals surface area contributed by atoms with Crippen molar-refractivity contribution in [3.63, 3.8) is 0 Å². The van der Waals surface area contributed by atoms with Crippen LogP contribution in [0.1, 0.15) is 24.8 Å². The molecular weight excluding hydrogens is 218 g/mol. The second-order valence-corrected chi connectivity index (χ2v) is 3.68. The van der Waals surface area contributed by atoms with E-state index in [1.54, 1.807) is 24.3 Å². The summed E-state index contributed by atoms with van der Waals surface area (Å²) in [5.41, 5.74) is 0.729. The van der Waals surface area contributed by atoms with Gasteiger partial charge in [-0.15, -0.1) is 0 Å². The molecule has 0 atom stereocenters. The summed E-state index contributed by atoms with van der Waals surface area (Å²) in [6, 6.07) is 9.15. The minimum Gasteiger partial charge on any atom is -0.494 e. The highest BCUT2D eigenvalue weighted by Crippen LogP contribution is 2.14. The van der Waals surface area contributed by atoms with Crippen molar-refractivity contribution in [1.29, 1.82) is 5.26 Å². The molecular formula is C13H15NO3. The summed E-state index contributed by atoms with van der Waals surface area (Å²) in [5.74, 6) is -0.170. The lowest BCUT2D eigenvalue weighted by molar-refractivity contribution is -0.136. The quantitative estimate of drug-likeness (QED) is 0.734. The van der Waals surface area contributed by atoms with E-state index in [1.807, 2.05) is 0 Å². The van der Waals surface area contributed by atoms with Gasteiger partial charge in [0.05, 0.1) is 19.1 Å². The molecule has 0 unspecified atom stereocenters. The number of unbranched alkanes of at least 4 members (excludes halogenated alkanes) is 2. The summed E-state index contributed by atoms with van der Waals surface area (Å²) in [7, 11) is 0. The molecule has 0 amide bonds. The molecule has 0 saturated carbocycles. The van der Waals surface area contributed by atoms with Crippen LogP contribution in [0, 0.1) is 11.3 Å². The van der Waals surface area contributed by atoms with Crippen LogP contribution in [0.4, 0.5) is 0 Å². The maximum Gasteiger partial charge on any atom is 0.307 e. The number of carboxylic acid groups (broad SMARTS) is 1. The molecule has 17 heavy (non-hydrogen) atoms. The number of benzene rings is 1. The fourth-order valence-electron chi connectivity index (χ4n) is 1.42. The van der Waals surface area contributed by atoms with E-state index in [0.717, 1.165) is 18.4 Å². The second-order valence-electron chi connectivity index (χ2n) is 3.68. The highest BCUT2D eigenvalue weighted by atomic mass is 16.5. The number of carbonyl (C=O) groups is 1. The zero-order chi connectivity index (χ0) is 12.5. The molecule has 4 heteroatoms. The molecule has 0 aromatic heterocycles. The first kappa shape index (κ1) is 13.0. The maximum absolute atomic E-state index is 10.5. The Balaban J connectivity index is 2.38. The van der Waals surface area contributed by atoms with Gasteiger partial charge in [-0.2, -0.15) is 5.26 Å². The van der Waals surface area contributed by atoms with E-state index in [0.29, 0.717) is 18.8 Å². The molecule has 1 aromatic rings. The van der Waals surface area contributed by atoms with E-state index in [2.05, 4.69) is 6.07 Å². The number of ether oxygens (including phenoxy) is 1. The van der Waals surface area contributed by atoms with Crippen LogP contribution in [0.2, 0.25) is 0 Å². The third-order valence-electron chi connectivity index (χ3n) is 2.21. The summed E-state index contributed by atoms with van der Waals surface area (Å²) in [4.78, 5) is 10.5. The molecule has 4 nitrogen and oxygen atoms in total. The zero-order valence-corrected chi connectivity index (χ0v) is 9.56. The van der Waals surface area contributed by atoms with Gasteiger partial charge in [0.25, 0.3) is 0 Å². The van der Waals surface area contributed by atoms with Crippen LogP contribution in [0.25, 0.3) is 0 Å². The summed E-state index contributed by atoms with van der Waals surface area (Å²) >= 11 is 0. The number of hydrogen-bond acceptors (Lipinski definition) is 3. The lowest BCUT2D eigenvalue weighted by Crippen LogP contribution is -2.01. The first-order chi connectivity index (χ1) is 8.22. The van der Waals surface area contributed by atoms with Crippen LogP contribution in [0.15, 0.2) is 24.3 Å². The molecule has 0 saturated heterocycles. The number of nitrogens with zero attached hydrogens (tertiary/aromatic N) is 1. The summed E-state index contributed by atoms with van der Waals surface area (Å²) < 4.78 is 5.47. The van der Waals surface area contributed by atoms with Gasteiger partial charge in [-0.3, -0.25) is 4.79 Å². The largest absolute Gasteiger partial charge is 0.494 e. The first-order valence-electron chi connectivity index (χ1n) is 5.53. The average molecular weight is 233 g/mol. The van der Waals surface area contributed by atoms with Gasteiger partial charge in [0.2, 0.25) is 0 Å². The Kier molecular flexibility index (Phi) is 5.59. The van der Waals surface area contributed by atoms with Crippen molar-refractivity contribution in [2.45, 2.75) is 25.7 Å². The zero-order valence-electron chi connectivity index (χ0n) is 9.56. The van der Waals surface area contributed by atoms with Gasteiger partial charge in [-0.1, -0.05) is 12.1 Å². The minimum absolute atomic E-state index is 0.00559. The van der Waals surface area contributed by atoms with Crippen LogP contribution >= 0.6 is 0 Å². The van der Waals surface area contributed by atoms with Crippen molar-refractivity contribution in [2.24, 2.45) is 0 Å². The topological polar surface area (TPSA) is 70.3 Å². The Labute approximate surface area is 100 Å². The van der Waals surface area contributed by atoms with Crippen molar-refractivity contribution in [3.05, 3.63) is 29.8 Å². The number of aliphatic carboxylic acids is 1. The Morgan fingerprint density at radius 1 is 1.41 bits per heavy atom. The number of nitriles is 1. The number of carboxylic acids is 1. The molecule has 90 valence electrons. The predicted molar refractivity (Wildman–Crippen MR) is 62.7 cm³/mol. The van der Waals surface area contributed by atoms with E-state index < -0.39 is 5.97 Å². The molecule has 1 rings (SSSR count). The Morgan fingerprint density at radius 2 is 2.24 bits per heavy atom. The molecule has 1 aromatic carbocycles. The monoisotopic (exact) mass is 233 g/mol. The van der Waals surface area contributed by atoms with E-state index >= 15 is 0 Å². The van der Waals surface area contributed by atoms with Crippen molar-refractivity contribution < 1.29 is 14.6 Å². The van der Waals surface area contributed by atoms with Crippen molar-refractivity contribution in [1.82, 2.24) is 0 Å². The molecule has 0 spiro atoms. The van der Waals surface area contributed by atoms with Gasteiger partial charge >= 0.3 is 5.97 Å². The smallest absolute Gasteiger partial charge is 0.307 e. The highest BCUT2D eigenvalue weighted by Gasteiger charge is 2.01. The number of rotatable bonds is 7. The number of hydrogen-bond donors (Lipinski definition) is 1. The maximum atomic E-state index is 10.5. The first-order valence-corrected chi connectivity index (χ1v) is 5.53. The lowest BCUT2D eigenvalue weighted by atomic mass is 10.1. The lowest BCUT2D eigenvalue weighted by Gasteiger charge is -2.06. The van der Waals surface area contributed by atoms with Gasteiger partial charge in [0, 0.05) is 6.42 Å². The summed E-state index contributed by atoms with van der Waals surface area (Å²) in [6.07, 6.45) is 2.20. The van der Waals surface area contributed by atoms with Crippen molar-refractivity contribution in [3.8, 4) is 11.8 Å². The molecule has 0 bridgehead atoms. The Hall–Kier alpha value is -2.02. The van der Waals surface area contributed by atoms with Crippen LogP contribution in [-0.2, 0) is 11.2 Å². The summed E-state index contributed by atoms with van der Waals surface area (Å²) in [6.45, 7) is 0.554. The normalized spacial score (nSPS) is 9.59. The SMILES string of the molecule is N#CCCCCOc1cccc(CC(=O)O)c1. The van der Waals surface area contributed by atoms with Crippen LogP contribution in [0.3, 0.4) is 0 Å². The van der Waals surface area contributed by atoms with Crippen LogP contribution in [-0.4, -0.2) is 17.7 Å². The van der Waals surface area contributed by atoms with Crippen molar-refractivity contribution in [2.75, 3.05) is 6.61 Å². The van der Waals surface area contributed by atoms with E-state index in [1.165, 1.54) is 0 Å². The van der Waals surface area contributed by atoms with E-state index in [9.17, 15) is 4.79 Å². The van der Waals surface area contributed by atoms with Crippen LogP contribution < -0.4 is 4.74 Å². The second kappa shape index (κ2) is 7.29. The minimum atomic E-state index is -0.851. The molecule has 0 aliphatic heterocycles. The molecule has 0 heterocycles. The van der Waals surface area contributed by atoms with Gasteiger partial charge in [0.15, 0.2) is 0 Å². The molecule has 0 fully saturated rings. The molecule has 1 N–H and O–H groups in total. The van der Waals surface area contributed by atoms with E-state index in [-0.39, 0.29) is 6.42 Å². The van der Waals surface area contributed by atoms with E-state index in [4.69, 9.17) is 15.1 Å². The average Bonchev–Trinajstić information content (AvgIpc) is 2.28. The standard InChI is InChI=1S/C13H15NO3/c14-7-2-1-3-8-17-12-6-4-5-11(9-12)10-13(15)16/h4-6,9H,1-3,8,10H2,(H,15,16). The fraction of sp³-hybridized carbons (Fsp3) is 0.385. The third-order valence-corrected chi connectivity index (χ3v) is 2.21. The third kappa shape index (κ3) is 5.57. The van der Waals surface area contributed by atoms with Gasteiger partial charge in [-0.25, -0.2) is 0 Å². The fourth-order valence-corrected chi connectivity index (χ4v) is 1.42. The van der Waals surface area contributed by atoms with Crippen molar-refractivity contribution >= 4 is 5.97 Å². The molecule has 0 aliphatic rings. The predicted octanol–water partition coefficient (Wildman–Crippen LogP) is 2.39. The molecule has 0 aliphatic carbocycles. The van der Waals surface area contributed by atoms with Gasteiger partial charge in [-0.05, 0) is 30.5 Å². The van der Waals surface area contributed by atoms with Crippen LogP contribution in [0.5, 0.6) is 5.75 Å². The summed E-state index contributed by atoms with van der Waals surface area (Å²) in [5, 5.41) is 17.0. The highest BCUT2D eigenvalue weighted by molar-refractivity contribution is 5.70. The molecule has 0 radical (unpaired) electrons.